The number of hydrogen-bond donors (Lipinski definition) is 0. The van der Waals surface area contributed by atoms with Gasteiger partial charge in [0.1, 0.15) is 0 Å². The molecule has 0 radical (unpaired) electrons. The lowest BCUT2D eigenvalue weighted by atomic mass is 10.1. The molecule has 0 bridgehead atoms. The second-order valence-corrected chi connectivity index (χ2v) is 4.67. The molecule has 19 heavy (non-hydrogen) atoms. The van der Waals surface area contributed by atoms with Gasteiger partial charge in [-0.15, -0.1) is 0 Å². The van der Waals surface area contributed by atoms with Gasteiger partial charge in [0.2, 0.25) is 0 Å². The maximum absolute atomic E-state index is 11.7. The first kappa shape index (κ1) is 13.6. The highest BCUT2D eigenvalue weighted by Crippen LogP contribution is 2.12. The highest BCUT2D eigenvalue weighted by molar-refractivity contribution is 6.30. The van der Waals surface area contributed by atoms with E-state index < -0.39 is 0 Å². The highest BCUT2D eigenvalue weighted by Gasteiger charge is 2.06. The van der Waals surface area contributed by atoms with E-state index in [-0.39, 0.29) is 5.97 Å². The van der Waals surface area contributed by atoms with Gasteiger partial charge in [0, 0.05) is 5.02 Å². The first-order valence-corrected chi connectivity index (χ1v) is 6.60. The monoisotopic (exact) mass is 274 g/mol. The molecule has 0 N–H and O–H groups in total. The first-order chi connectivity index (χ1) is 9.25. The van der Waals surface area contributed by atoms with Crippen LogP contribution in [-0.4, -0.2) is 12.6 Å². The molecule has 98 valence electrons. The van der Waals surface area contributed by atoms with Crippen LogP contribution in [0.1, 0.15) is 22.3 Å². The Morgan fingerprint density at radius 2 is 1.84 bits per heavy atom. The van der Waals surface area contributed by atoms with Crippen molar-refractivity contribution in [2.24, 2.45) is 0 Å². The Morgan fingerprint density at radius 1 is 1.05 bits per heavy atom. The maximum atomic E-state index is 11.7. The largest absolute Gasteiger partial charge is 0.462 e. The second kappa shape index (κ2) is 6.95. The summed E-state index contributed by atoms with van der Waals surface area (Å²) >= 11 is 5.82. The fourth-order valence-electron chi connectivity index (χ4n) is 1.78. The van der Waals surface area contributed by atoms with Crippen LogP contribution in [0.2, 0.25) is 5.02 Å². The molecule has 2 aromatic rings. The summed E-state index contributed by atoms with van der Waals surface area (Å²) in [5.74, 6) is -0.324. The van der Waals surface area contributed by atoms with Gasteiger partial charge in [-0.2, -0.15) is 0 Å². The van der Waals surface area contributed by atoms with Crippen LogP contribution in [0.5, 0.6) is 0 Å². The second-order valence-electron chi connectivity index (χ2n) is 4.24. The molecule has 0 amide bonds. The Labute approximate surface area is 118 Å². The normalized spacial score (nSPS) is 10.2. The zero-order valence-electron chi connectivity index (χ0n) is 10.5. The van der Waals surface area contributed by atoms with Crippen molar-refractivity contribution >= 4 is 17.6 Å². The van der Waals surface area contributed by atoms with Crippen LogP contribution in [0.25, 0.3) is 0 Å². The summed E-state index contributed by atoms with van der Waals surface area (Å²) in [6, 6.07) is 16.9. The third-order valence-corrected chi connectivity index (χ3v) is 2.98. The van der Waals surface area contributed by atoms with Crippen molar-refractivity contribution in [2.75, 3.05) is 6.61 Å². The molecule has 2 rings (SSSR count). The first-order valence-electron chi connectivity index (χ1n) is 6.22. The molecule has 0 spiro atoms. The number of benzene rings is 2. The number of ether oxygens (including phenoxy) is 1. The quantitative estimate of drug-likeness (QED) is 0.605. The molecule has 0 saturated heterocycles. The maximum Gasteiger partial charge on any atom is 0.338 e. The zero-order valence-corrected chi connectivity index (χ0v) is 11.3. The Hall–Kier alpha value is -1.80. The summed E-state index contributed by atoms with van der Waals surface area (Å²) in [7, 11) is 0. The minimum atomic E-state index is -0.324. The van der Waals surface area contributed by atoms with Crippen LogP contribution in [0.15, 0.2) is 54.6 Å². The molecular weight excluding hydrogens is 260 g/mol. The van der Waals surface area contributed by atoms with E-state index in [1.165, 1.54) is 5.56 Å². The fourth-order valence-corrected chi connectivity index (χ4v) is 1.97. The number of rotatable bonds is 5. The Kier molecular flexibility index (Phi) is 4.99. The number of aryl methyl sites for hydroxylation is 1. The van der Waals surface area contributed by atoms with E-state index in [9.17, 15) is 4.79 Å². The minimum absolute atomic E-state index is 0.324. The predicted molar refractivity (Wildman–Crippen MR) is 76.5 cm³/mol. The summed E-state index contributed by atoms with van der Waals surface area (Å²) in [5, 5.41) is 0.540. The number of halogens is 1. The number of carbonyl (C=O) groups is 1. The summed E-state index contributed by atoms with van der Waals surface area (Å²) in [6.45, 7) is 0.417. The molecular formula is C16H15ClO2. The molecule has 0 aromatic heterocycles. The van der Waals surface area contributed by atoms with Crippen LogP contribution in [0, 0.1) is 0 Å². The van der Waals surface area contributed by atoms with Crippen LogP contribution >= 0.6 is 11.6 Å². The van der Waals surface area contributed by atoms with Gasteiger partial charge in [-0.3, -0.25) is 0 Å². The number of hydrogen-bond acceptors (Lipinski definition) is 2. The average Bonchev–Trinajstić information content (AvgIpc) is 2.44. The summed E-state index contributed by atoms with van der Waals surface area (Å²) in [4.78, 5) is 11.7. The van der Waals surface area contributed by atoms with Gasteiger partial charge in [0.25, 0.3) is 0 Å². The molecule has 0 heterocycles. The van der Waals surface area contributed by atoms with Gasteiger partial charge in [-0.05, 0) is 36.6 Å². The lowest BCUT2D eigenvalue weighted by Gasteiger charge is -2.05. The molecule has 0 atom stereocenters. The molecule has 0 fully saturated rings. The van der Waals surface area contributed by atoms with E-state index in [0.717, 1.165) is 12.8 Å². The standard InChI is InChI=1S/C16H15ClO2/c17-15-10-4-9-14(12-15)16(18)19-11-5-8-13-6-2-1-3-7-13/h1-4,6-7,9-10,12H,5,8,11H2. The third-order valence-electron chi connectivity index (χ3n) is 2.75. The van der Waals surface area contributed by atoms with Gasteiger partial charge in [0.15, 0.2) is 0 Å². The SMILES string of the molecule is O=C(OCCCc1ccccc1)c1cccc(Cl)c1. The van der Waals surface area contributed by atoms with Crippen molar-refractivity contribution in [1.29, 1.82) is 0 Å². The lowest BCUT2D eigenvalue weighted by molar-refractivity contribution is 0.0500. The molecule has 0 aliphatic carbocycles. The fraction of sp³-hybridized carbons (Fsp3) is 0.188. The highest BCUT2D eigenvalue weighted by atomic mass is 35.5. The molecule has 0 aliphatic rings. The van der Waals surface area contributed by atoms with Crippen molar-refractivity contribution in [2.45, 2.75) is 12.8 Å². The molecule has 3 heteroatoms. The molecule has 0 unspecified atom stereocenters. The van der Waals surface area contributed by atoms with Crippen LogP contribution < -0.4 is 0 Å². The predicted octanol–water partition coefficient (Wildman–Crippen LogP) is 4.13. The van der Waals surface area contributed by atoms with E-state index in [1.807, 2.05) is 18.2 Å². The zero-order chi connectivity index (χ0) is 13.5. The van der Waals surface area contributed by atoms with E-state index in [4.69, 9.17) is 16.3 Å². The van der Waals surface area contributed by atoms with Crippen LogP contribution in [-0.2, 0) is 11.2 Å². The molecule has 0 aliphatic heterocycles. The van der Waals surface area contributed by atoms with Crippen molar-refractivity contribution in [1.82, 2.24) is 0 Å². The Balaban J connectivity index is 1.75. The van der Waals surface area contributed by atoms with Crippen molar-refractivity contribution in [3.05, 3.63) is 70.7 Å². The summed E-state index contributed by atoms with van der Waals surface area (Å²) in [6.07, 6.45) is 1.72. The van der Waals surface area contributed by atoms with Crippen LogP contribution in [0.4, 0.5) is 0 Å². The molecule has 2 nitrogen and oxygen atoms in total. The lowest BCUT2D eigenvalue weighted by Crippen LogP contribution is -2.07. The third kappa shape index (κ3) is 4.42. The number of esters is 1. The number of carbonyl (C=O) groups excluding carboxylic acids is 1. The van der Waals surface area contributed by atoms with E-state index in [0.29, 0.717) is 17.2 Å². The van der Waals surface area contributed by atoms with Crippen molar-refractivity contribution < 1.29 is 9.53 Å². The Morgan fingerprint density at radius 3 is 2.58 bits per heavy atom. The van der Waals surface area contributed by atoms with Gasteiger partial charge < -0.3 is 4.74 Å². The topological polar surface area (TPSA) is 26.3 Å². The summed E-state index contributed by atoms with van der Waals surface area (Å²) < 4.78 is 5.21. The van der Waals surface area contributed by atoms with E-state index >= 15 is 0 Å². The van der Waals surface area contributed by atoms with E-state index in [1.54, 1.807) is 24.3 Å². The van der Waals surface area contributed by atoms with E-state index in [2.05, 4.69) is 12.1 Å². The molecule has 0 saturated carbocycles. The minimum Gasteiger partial charge on any atom is -0.462 e. The molecule has 2 aromatic carbocycles. The van der Waals surface area contributed by atoms with Gasteiger partial charge in [0.05, 0.1) is 12.2 Å². The van der Waals surface area contributed by atoms with Gasteiger partial charge in [-0.1, -0.05) is 48.0 Å². The summed E-state index contributed by atoms with van der Waals surface area (Å²) in [5.41, 5.74) is 1.74. The van der Waals surface area contributed by atoms with Crippen molar-refractivity contribution in [3.63, 3.8) is 0 Å². The van der Waals surface area contributed by atoms with Gasteiger partial charge in [-0.25, -0.2) is 4.79 Å². The van der Waals surface area contributed by atoms with Crippen LogP contribution in [0.3, 0.4) is 0 Å². The Bertz CT molecular complexity index is 537. The van der Waals surface area contributed by atoms with Gasteiger partial charge >= 0.3 is 5.97 Å². The average molecular weight is 275 g/mol. The van der Waals surface area contributed by atoms with Crippen molar-refractivity contribution in [3.8, 4) is 0 Å². The smallest absolute Gasteiger partial charge is 0.338 e.